The Morgan fingerprint density at radius 2 is 2.00 bits per heavy atom. The van der Waals surface area contributed by atoms with Gasteiger partial charge in [0.05, 0.1) is 13.6 Å². The summed E-state index contributed by atoms with van der Waals surface area (Å²) in [7, 11) is 1.66. The Kier molecular flexibility index (Phi) is 3.77. The molecule has 1 N–H and O–H groups in total. The number of carbonyl (C=O) groups excluding carboxylic acids is 2. The first-order valence-electron chi connectivity index (χ1n) is 6.40. The molecule has 0 radical (unpaired) electrons. The predicted octanol–water partition coefficient (Wildman–Crippen LogP) is -0.774. The van der Waals surface area contributed by atoms with Crippen molar-refractivity contribution in [2.75, 3.05) is 0 Å². The van der Waals surface area contributed by atoms with Crippen LogP contribution >= 0.6 is 0 Å². The molecule has 0 bridgehead atoms. The van der Waals surface area contributed by atoms with Gasteiger partial charge in [0, 0.05) is 0 Å². The lowest BCUT2D eigenvalue weighted by Crippen LogP contribution is -2.62. The smallest absolute Gasteiger partial charge is 0.246 e. The molecule has 0 spiro atoms. The van der Waals surface area contributed by atoms with Gasteiger partial charge in [-0.25, -0.2) is 0 Å². The van der Waals surface area contributed by atoms with Crippen LogP contribution in [0.15, 0.2) is 0 Å². The van der Waals surface area contributed by atoms with E-state index in [-0.39, 0.29) is 18.4 Å². The highest BCUT2D eigenvalue weighted by Crippen LogP contribution is 2.16. The van der Waals surface area contributed by atoms with Crippen LogP contribution in [-0.4, -0.2) is 49.0 Å². The molecule has 2 atom stereocenters. The zero-order chi connectivity index (χ0) is 14.0. The molecule has 2 amide bonds. The SMILES string of the molecule is CCC1NC(=O)C(CC)N(Cc2nnn(C)n2)C1=O. The normalized spacial score (nSPS) is 23.6. The van der Waals surface area contributed by atoms with E-state index in [1.54, 1.807) is 11.9 Å². The minimum absolute atomic E-state index is 0.0820. The quantitative estimate of drug-likeness (QED) is 0.772. The number of nitrogens with one attached hydrogen (secondary N) is 1. The maximum Gasteiger partial charge on any atom is 0.246 e. The van der Waals surface area contributed by atoms with Gasteiger partial charge in [0.25, 0.3) is 0 Å². The third kappa shape index (κ3) is 2.56. The van der Waals surface area contributed by atoms with E-state index in [9.17, 15) is 9.59 Å². The fraction of sp³-hybridized carbons (Fsp3) is 0.727. The lowest BCUT2D eigenvalue weighted by atomic mass is 10.0. The van der Waals surface area contributed by atoms with Crippen molar-refractivity contribution in [3.05, 3.63) is 5.82 Å². The van der Waals surface area contributed by atoms with E-state index < -0.39 is 12.1 Å². The van der Waals surface area contributed by atoms with Gasteiger partial charge in [0.15, 0.2) is 5.82 Å². The van der Waals surface area contributed by atoms with Crippen LogP contribution in [0.5, 0.6) is 0 Å². The van der Waals surface area contributed by atoms with Crippen molar-refractivity contribution in [3.63, 3.8) is 0 Å². The van der Waals surface area contributed by atoms with Crippen LogP contribution in [0, 0.1) is 0 Å². The van der Waals surface area contributed by atoms with E-state index in [1.165, 1.54) is 4.80 Å². The number of hydrogen-bond acceptors (Lipinski definition) is 5. The van der Waals surface area contributed by atoms with Crippen LogP contribution in [-0.2, 0) is 23.2 Å². The van der Waals surface area contributed by atoms with Gasteiger partial charge in [-0.15, -0.1) is 10.2 Å². The molecule has 2 rings (SSSR count). The molecule has 1 fully saturated rings. The Bertz CT molecular complexity index is 485. The highest BCUT2D eigenvalue weighted by atomic mass is 16.2. The fourth-order valence-corrected chi connectivity index (χ4v) is 2.23. The van der Waals surface area contributed by atoms with Gasteiger partial charge in [-0.2, -0.15) is 4.80 Å². The van der Waals surface area contributed by atoms with Crippen molar-refractivity contribution in [3.8, 4) is 0 Å². The summed E-state index contributed by atoms with van der Waals surface area (Å²) in [6, 6.07) is -0.911. The number of tetrazole rings is 1. The van der Waals surface area contributed by atoms with Gasteiger partial charge in [-0.1, -0.05) is 13.8 Å². The Morgan fingerprint density at radius 3 is 2.53 bits per heavy atom. The molecule has 1 aliphatic heterocycles. The molecule has 0 aromatic carbocycles. The Balaban J connectivity index is 2.21. The molecular weight excluding hydrogens is 248 g/mol. The van der Waals surface area contributed by atoms with Crippen LogP contribution < -0.4 is 5.32 Å². The molecular formula is C11H18N6O2. The molecule has 0 aliphatic carbocycles. The van der Waals surface area contributed by atoms with Gasteiger partial charge in [-0.05, 0) is 18.1 Å². The minimum atomic E-state index is -0.459. The first kappa shape index (κ1) is 13.4. The van der Waals surface area contributed by atoms with Gasteiger partial charge in [-0.3, -0.25) is 9.59 Å². The van der Waals surface area contributed by atoms with Crippen LogP contribution in [0.3, 0.4) is 0 Å². The molecule has 2 heterocycles. The second-order valence-electron chi connectivity index (χ2n) is 4.55. The van der Waals surface area contributed by atoms with Crippen LogP contribution in [0.25, 0.3) is 0 Å². The summed E-state index contributed by atoms with van der Waals surface area (Å²) in [6.45, 7) is 3.96. The van der Waals surface area contributed by atoms with Crippen molar-refractivity contribution in [2.45, 2.75) is 45.3 Å². The first-order chi connectivity index (χ1) is 9.06. The van der Waals surface area contributed by atoms with Gasteiger partial charge < -0.3 is 10.2 Å². The van der Waals surface area contributed by atoms with Crippen molar-refractivity contribution in [1.29, 1.82) is 0 Å². The van der Waals surface area contributed by atoms with E-state index in [4.69, 9.17) is 0 Å². The fourth-order valence-electron chi connectivity index (χ4n) is 2.23. The van der Waals surface area contributed by atoms with Crippen molar-refractivity contribution in [1.82, 2.24) is 30.4 Å². The van der Waals surface area contributed by atoms with Crippen LogP contribution in [0.2, 0.25) is 0 Å². The number of hydrogen-bond donors (Lipinski definition) is 1. The molecule has 1 aliphatic rings. The summed E-state index contributed by atoms with van der Waals surface area (Å²) in [5.41, 5.74) is 0. The molecule has 8 heteroatoms. The summed E-state index contributed by atoms with van der Waals surface area (Å²) < 4.78 is 0. The number of piperazine rings is 1. The Labute approximate surface area is 111 Å². The van der Waals surface area contributed by atoms with Crippen LogP contribution in [0.4, 0.5) is 0 Å². The summed E-state index contributed by atoms with van der Waals surface area (Å²) in [6.07, 6.45) is 1.14. The average molecular weight is 266 g/mol. The summed E-state index contributed by atoms with van der Waals surface area (Å²) in [5.74, 6) is 0.248. The molecule has 1 aromatic heterocycles. The molecule has 2 unspecified atom stereocenters. The highest BCUT2D eigenvalue weighted by Gasteiger charge is 2.39. The van der Waals surface area contributed by atoms with E-state index in [1.807, 2.05) is 13.8 Å². The summed E-state index contributed by atoms with van der Waals surface area (Å²) in [5, 5.41) is 14.4. The van der Waals surface area contributed by atoms with Crippen molar-refractivity contribution in [2.24, 2.45) is 7.05 Å². The Hall–Kier alpha value is -1.99. The van der Waals surface area contributed by atoms with E-state index in [0.717, 1.165) is 0 Å². The number of nitrogens with zero attached hydrogens (tertiary/aromatic N) is 5. The van der Waals surface area contributed by atoms with Crippen molar-refractivity contribution >= 4 is 11.8 Å². The molecule has 19 heavy (non-hydrogen) atoms. The third-order valence-corrected chi connectivity index (χ3v) is 3.23. The molecule has 1 aromatic rings. The van der Waals surface area contributed by atoms with E-state index in [2.05, 4.69) is 20.7 Å². The zero-order valence-corrected chi connectivity index (χ0v) is 11.3. The predicted molar refractivity (Wildman–Crippen MR) is 65.6 cm³/mol. The lowest BCUT2D eigenvalue weighted by molar-refractivity contribution is -0.150. The topological polar surface area (TPSA) is 93.0 Å². The largest absolute Gasteiger partial charge is 0.343 e. The third-order valence-electron chi connectivity index (χ3n) is 3.23. The van der Waals surface area contributed by atoms with Gasteiger partial charge >= 0.3 is 0 Å². The number of aryl methyl sites for hydroxylation is 1. The maximum atomic E-state index is 12.3. The molecule has 1 saturated heterocycles. The zero-order valence-electron chi connectivity index (χ0n) is 11.3. The summed E-state index contributed by atoms with van der Waals surface area (Å²) in [4.78, 5) is 27.2. The highest BCUT2D eigenvalue weighted by molar-refractivity contribution is 5.96. The number of rotatable bonds is 4. The maximum absolute atomic E-state index is 12.3. The number of amides is 2. The van der Waals surface area contributed by atoms with E-state index >= 15 is 0 Å². The van der Waals surface area contributed by atoms with Crippen molar-refractivity contribution < 1.29 is 9.59 Å². The monoisotopic (exact) mass is 266 g/mol. The first-order valence-corrected chi connectivity index (χ1v) is 6.40. The second kappa shape index (κ2) is 5.33. The average Bonchev–Trinajstić information content (AvgIpc) is 2.79. The molecule has 0 saturated carbocycles. The Morgan fingerprint density at radius 1 is 1.26 bits per heavy atom. The number of aromatic nitrogens is 4. The summed E-state index contributed by atoms with van der Waals surface area (Å²) >= 11 is 0. The number of carbonyl (C=O) groups is 2. The standard InChI is InChI=1S/C11H18N6O2/c1-4-7-11(19)17(8(5-2)10(18)12-7)6-9-13-15-16(3)14-9/h7-8H,4-6H2,1-3H3,(H,12,18). The van der Waals surface area contributed by atoms with Crippen LogP contribution in [0.1, 0.15) is 32.5 Å². The van der Waals surface area contributed by atoms with Gasteiger partial charge in [0.2, 0.25) is 11.8 Å². The van der Waals surface area contributed by atoms with Gasteiger partial charge in [0.1, 0.15) is 12.1 Å². The second-order valence-corrected chi connectivity index (χ2v) is 4.55. The van der Waals surface area contributed by atoms with E-state index in [0.29, 0.717) is 18.7 Å². The molecule has 8 nitrogen and oxygen atoms in total. The molecule has 104 valence electrons. The lowest BCUT2D eigenvalue weighted by Gasteiger charge is -2.37. The minimum Gasteiger partial charge on any atom is -0.343 e.